The molecule has 1 aliphatic heterocycles. The van der Waals surface area contributed by atoms with E-state index in [1.165, 1.54) is 37.4 Å². The summed E-state index contributed by atoms with van der Waals surface area (Å²) in [4.78, 5) is 15.1. The molecule has 0 radical (unpaired) electrons. The molecule has 1 N–H and O–H groups in total. The Morgan fingerprint density at radius 1 is 1.24 bits per heavy atom. The van der Waals surface area contributed by atoms with Gasteiger partial charge in [-0.1, -0.05) is 24.8 Å². The lowest BCUT2D eigenvalue weighted by Gasteiger charge is -2.31. The van der Waals surface area contributed by atoms with Gasteiger partial charge in [0.25, 0.3) is 0 Å². The third-order valence-corrected chi connectivity index (χ3v) is 7.37. The van der Waals surface area contributed by atoms with Crippen LogP contribution in [0.15, 0.2) is 27.8 Å². The van der Waals surface area contributed by atoms with Crippen LogP contribution >= 0.6 is 27.7 Å². The molecule has 0 bridgehead atoms. The number of nitrogens with one attached hydrogen (secondary N) is 1. The number of thioether (sulfide) groups is 1. The summed E-state index contributed by atoms with van der Waals surface area (Å²) in [5, 5.41) is 12.6. The molecule has 156 valence electrons. The Morgan fingerprint density at radius 2 is 1.97 bits per heavy atom. The van der Waals surface area contributed by atoms with E-state index in [2.05, 4.69) is 47.8 Å². The molecule has 1 amide bonds. The monoisotopic (exact) mass is 477 g/mol. The zero-order valence-corrected chi connectivity index (χ0v) is 19.6. The third-order valence-electron chi connectivity index (χ3n) is 5.66. The number of amides is 1. The van der Waals surface area contributed by atoms with Gasteiger partial charge in [0.15, 0.2) is 5.16 Å². The van der Waals surface area contributed by atoms with Gasteiger partial charge in [-0.15, -0.1) is 10.2 Å². The molecule has 0 spiro atoms. The molecule has 1 saturated heterocycles. The maximum absolute atomic E-state index is 12.8. The van der Waals surface area contributed by atoms with Gasteiger partial charge < -0.3 is 10.2 Å². The van der Waals surface area contributed by atoms with E-state index in [1.54, 1.807) is 0 Å². The highest BCUT2D eigenvalue weighted by Gasteiger charge is 2.33. The van der Waals surface area contributed by atoms with Crippen molar-refractivity contribution in [2.45, 2.75) is 62.9 Å². The van der Waals surface area contributed by atoms with Crippen molar-refractivity contribution in [3.05, 3.63) is 28.2 Å². The number of hydrogen-bond donors (Lipinski definition) is 1. The summed E-state index contributed by atoms with van der Waals surface area (Å²) >= 11 is 5.02. The number of benzene rings is 1. The van der Waals surface area contributed by atoms with E-state index in [0.29, 0.717) is 6.04 Å². The molecule has 8 heteroatoms. The number of hydrogen-bond acceptors (Lipinski definition) is 5. The van der Waals surface area contributed by atoms with Gasteiger partial charge in [0.2, 0.25) is 11.9 Å². The lowest BCUT2D eigenvalue weighted by Crippen LogP contribution is -2.34. The van der Waals surface area contributed by atoms with E-state index in [4.69, 9.17) is 0 Å². The van der Waals surface area contributed by atoms with Crippen molar-refractivity contribution in [2.75, 3.05) is 23.3 Å². The number of carbonyl (C=O) groups excluding carboxylic acids is 1. The number of piperidine rings is 1. The smallest absolute Gasteiger partial charge is 0.237 e. The van der Waals surface area contributed by atoms with Crippen LogP contribution in [0.4, 0.5) is 11.6 Å². The van der Waals surface area contributed by atoms with E-state index >= 15 is 0 Å². The van der Waals surface area contributed by atoms with Gasteiger partial charge in [0.1, 0.15) is 0 Å². The number of carbonyl (C=O) groups is 1. The highest BCUT2D eigenvalue weighted by atomic mass is 79.9. The Kier molecular flexibility index (Phi) is 6.20. The van der Waals surface area contributed by atoms with Gasteiger partial charge >= 0.3 is 0 Å². The highest BCUT2D eigenvalue weighted by Crippen LogP contribution is 2.42. The summed E-state index contributed by atoms with van der Waals surface area (Å²) in [6.45, 7) is 8.34. The molecule has 4 rings (SSSR count). The van der Waals surface area contributed by atoms with Crippen LogP contribution in [0, 0.1) is 12.8 Å². The van der Waals surface area contributed by atoms with Crippen molar-refractivity contribution in [3.63, 3.8) is 0 Å². The molecule has 1 atom stereocenters. The number of rotatable bonds is 6. The number of halogens is 1. The minimum atomic E-state index is -0.265. The first kappa shape index (κ1) is 20.7. The number of anilines is 2. The van der Waals surface area contributed by atoms with Crippen molar-refractivity contribution < 1.29 is 4.79 Å². The largest absolute Gasteiger partial charge is 0.341 e. The summed E-state index contributed by atoms with van der Waals surface area (Å²) in [7, 11) is 0. The molecular formula is C21H28BrN5OS. The SMILES string of the molecule is Cc1ccc(NC(=O)C(C)Sc2nnc(N3CCC(C)CC3)n2C2CC2)c(Br)c1. The van der Waals surface area contributed by atoms with Crippen LogP contribution < -0.4 is 10.2 Å². The van der Waals surface area contributed by atoms with Crippen LogP contribution in [-0.4, -0.2) is 39.0 Å². The number of aryl methyl sites for hydroxylation is 1. The topological polar surface area (TPSA) is 63.1 Å². The summed E-state index contributed by atoms with van der Waals surface area (Å²) < 4.78 is 3.16. The molecule has 1 aromatic carbocycles. The molecule has 1 saturated carbocycles. The van der Waals surface area contributed by atoms with Crippen LogP contribution in [0.1, 0.15) is 51.1 Å². The predicted molar refractivity (Wildman–Crippen MR) is 122 cm³/mol. The van der Waals surface area contributed by atoms with Crippen LogP contribution in [-0.2, 0) is 4.79 Å². The van der Waals surface area contributed by atoms with Crippen molar-refractivity contribution in [1.29, 1.82) is 0 Å². The van der Waals surface area contributed by atoms with Gasteiger partial charge in [0, 0.05) is 23.6 Å². The van der Waals surface area contributed by atoms with Crippen LogP contribution in [0.5, 0.6) is 0 Å². The fraction of sp³-hybridized carbons (Fsp3) is 0.571. The van der Waals surface area contributed by atoms with Crippen molar-refractivity contribution >= 4 is 45.2 Å². The lowest BCUT2D eigenvalue weighted by atomic mass is 10.00. The molecule has 1 aromatic heterocycles. The first-order chi connectivity index (χ1) is 13.9. The van der Waals surface area contributed by atoms with E-state index < -0.39 is 0 Å². The quantitative estimate of drug-likeness (QED) is 0.590. The average molecular weight is 478 g/mol. The second kappa shape index (κ2) is 8.68. The Morgan fingerprint density at radius 3 is 2.62 bits per heavy atom. The van der Waals surface area contributed by atoms with Crippen molar-refractivity contribution in [3.8, 4) is 0 Å². The first-order valence-electron chi connectivity index (χ1n) is 10.4. The Labute approximate surface area is 185 Å². The lowest BCUT2D eigenvalue weighted by molar-refractivity contribution is -0.115. The Hall–Kier alpha value is -1.54. The summed E-state index contributed by atoms with van der Waals surface area (Å²) in [5.74, 6) is 1.73. The third kappa shape index (κ3) is 4.79. The van der Waals surface area contributed by atoms with E-state index in [-0.39, 0.29) is 11.2 Å². The molecule has 29 heavy (non-hydrogen) atoms. The highest BCUT2D eigenvalue weighted by molar-refractivity contribution is 9.10. The fourth-order valence-electron chi connectivity index (χ4n) is 3.59. The summed E-state index contributed by atoms with van der Waals surface area (Å²) in [5.41, 5.74) is 1.94. The molecule has 1 aliphatic carbocycles. The van der Waals surface area contributed by atoms with E-state index in [0.717, 1.165) is 45.8 Å². The molecule has 2 heterocycles. The van der Waals surface area contributed by atoms with Gasteiger partial charge in [-0.25, -0.2) is 0 Å². The summed E-state index contributed by atoms with van der Waals surface area (Å²) in [6.07, 6.45) is 4.73. The molecule has 2 aromatic rings. The number of aromatic nitrogens is 3. The average Bonchev–Trinajstić information content (AvgIpc) is 3.45. The maximum atomic E-state index is 12.8. The first-order valence-corrected chi connectivity index (χ1v) is 12.0. The van der Waals surface area contributed by atoms with Gasteiger partial charge in [-0.2, -0.15) is 0 Å². The maximum Gasteiger partial charge on any atom is 0.237 e. The van der Waals surface area contributed by atoms with Gasteiger partial charge in [0.05, 0.1) is 10.9 Å². The summed E-state index contributed by atoms with van der Waals surface area (Å²) in [6, 6.07) is 6.40. The minimum absolute atomic E-state index is 0.0294. The normalized spacial score (nSPS) is 18.7. The second-order valence-electron chi connectivity index (χ2n) is 8.29. The molecule has 2 aliphatic rings. The van der Waals surface area contributed by atoms with Crippen LogP contribution in [0.25, 0.3) is 0 Å². The van der Waals surface area contributed by atoms with Crippen LogP contribution in [0.2, 0.25) is 0 Å². The minimum Gasteiger partial charge on any atom is -0.341 e. The Balaban J connectivity index is 1.46. The van der Waals surface area contributed by atoms with Crippen molar-refractivity contribution in [2.24, 2.45) is 5.92 Å². The van der Waals surface area contributed by atoms with Crippen molar-refractivity contribution in [1.82, 2.24) is 14.8 Å². The van der Waals surface area contributed by atoms with Gasteiger partial charge in [-0.05, 0) is 79.1 Å². The fourth-order valence-corrected chi connectivity index (χ4v) is 5.10. The predicted octanol–water partition coefficient (Wildman–Crippen LogP) is 5.04. The van der Waals surface area contributed by atoms with Gasteiger partial charge in [-0.3, -0.25) is 9.36 Å². The Bertz CT molecular complexity index is 889. The standard InChI is InChI=1S/C21H28BrN5OS/c1-13-8-10-26(11-9-13)20-24-25-21(27(20)16-5-6-16)29-15(3)19(28)23-18-7-4-14(2)12-17(18)22/h4,7,12-13,15-16H,5-6,8-11H2,1-3H3,(H,23,28). The zero-order chi connectivity index (χ0) is 20.5. The molecule has 6 nitrogen and oxygen atoms in total. The zero-order valence-electron chi connectivity index (χ0n) is 17.2. The van der Waals surface area contributed by atoms with E-state index in [1.807, 2.05) is 32.0 Å². The second-order valence-corrected chi connectivity index (χ2v) is 10.4. The molecule has 2 fully saturated rings. The molecular weight excluding hydrogens is 450 g/mol. The van der Waals surface area contributed by atoms with Crippen LogP contribution in [0.3, 0.4) is 0 Å². The molecule has 1 unspecified atom stereocenters. The van der Waals surface area contributed by atoms with E-state index in [9.17, 15) is 4.79 Å². The number of nitrogens with zero attached hydrogens (tertiary/aromatic N) is 4.